The van der Waals surface area contributed by atoms with E-state index in [1.165, 1.54) is 16.2 Å². The summed E-state index contributed by atoms with van der Waals surface area (Å²) in [5.74, 6) is 0.157. The molecule has 0 bridgehead atoms. The summed E-state index contributed by atoms with van der Waals surface area (Å²) < 4.78 is 6.50. The number of fused-ring (bicyclic) bond motifs is 1. The smallest absolute Gasteiger partial charge is 0.230 e. The van der Waals surface area contributed by atoms with Gasteiger partial charge in [-0.1, -0.05) is 41.7 Å². The summed E-state index contributed by atoms with van der Waals surface area (Å²) in [5, 5.41) is 0.580. The molecule has 1 aromatic heterocycles. The number of thiazole rings is 1. The van der Waals surface area contributed by atoms with Crippen LogP contribution in [0.4, 0.5) is 5.13 Å². The Balaban J connectivity index is 1.59. The van der Waals surface area contributed by atoms with E-state index in [4.69, 9.17) is 4.74 Å². The van der Waals surface area contributed by atoms with Gasteiger partial charge in [-0.3, -0.25) is 24.2 Å². The number of anilines is 1. The lowest BCUT2D eigenvalue weighted by Gasteiger charge is -2.21. The van der Waals surface area contributed by atoms with Gasteiger partial charge in [-0.15, -0.1) is 0 Å². The molecule has 1 saturated heterocycles. The Hall–Kier alpha value is -3.26. The van der Waals surface area contributed by atoms with Gasteiger partial charge in [0.1, 0.15) is 5.75 Å². The third kappa shape index (κ3) is 4.74. The zero-order valence-electron chi connectivity index (χ0n) is 17.2. The lowest BCUT2D eigenvalue weighted by atomic mass is 10.2. The number of aromatic nitrogens is 1. The summed E-state index contributed by atoms with van der Waals surface area (Å²) >= 11 is 1.42. The minimum Gasteiger partial charge on any atom is -0.494 e. The van der Waals surface area contributed by atoms with Gasteiger partial charge in [-0.05, 0) is 30.7 Å². The van der Waals surface area contributed by atoms with Crippen molar-refractivity contribution in [2.45, 2.75) is 32.7 Å². The van der Waals surface area contributed by atoms with Crippen molar-refractivity contribution in [3.63, 3.8) is 0 Å². The Kier molecular flexibility index (Phi) is 6.27. The Morgan fingerprint density at radius 3 is 2.58 bits per heavy atom. The number of imide groups is 1. The molecule has 0 N–H and O–H groups in total. The highest BCUT2D eigenvalue weighted by molar-refractivity contribution is 7.22. The SMILES string of the molecule is CCOc1ccc2nc(N(Cc3ccccc3)C(=O)CCN3C(=O)CCC3=O)sc2c1. The van der Waals surface area contributed by atoms with E-state index in [0.717, 1.165) is 21.5 Å². The van der Waals surface area contributed by atoms with Crippen molar-refractivity contribution in [2.24, 2.45) is 0 Å². The standard InChI is InChI=1S/C23H23N3O4S/c1-2-30-17-8-9-18-19(14-17)31-23(24-18)26(15-16-6-4-3-5-7-16)22(29)12-13-25-20(27)10-11-21(25)28/h3-9,14H,2,10-13,15H2,1H3. The molecule has 3 aromatic rings. The fourth-order valence-electron chi connectivity index (χ4n) is 3.51. The van der Waals surface area contributed by atoms with Crippen molar-refractivity contribution in [1.82, 2.24) is 9.88 Å². The van der Waals surface area contributed by atoms with Gasteiger partial charge < -0.3 is 4.74 Å². The first kappa shape index (κ1) is 21.0. The predicted molar refractivity (Wildman–Crippen MR) is 119 cm³/mol. The summed E-state index contributed by atoms with van der Waals surface area (Å²) in [6, 6.07) is 15.3. The highest BCUT2D eigenvalue weighted by Gasteiger charge is 2.30. The summed E-state index contributed by atoms with van der Waals surface area (Å²) in [6.07, 6.45) is 0.506. The maximum atomic E-state index is 13.2. The summed E-state index contributed by atoms with van der Waals surface area (Å²) in [6.45, 7) is 2.96. The number of ether oxygens (including phenoxy) is 1. The van der Waals surface area contributed by atoms with E-state index in [9.17, 15) is 14.4 Å². The first-order valence-electron chi connectivity index (χ1n) is 10.3. The van der Waals surface area contributed by atoms with Gasteiger partial charge >= 0.3 is 0 Å². The molecule has 1 fully saturated rings. The van der Waals surface area contributed by atoms with Gasteiger partial charge in [-0.25, -0.2) is 4.98 Å². The van der Waals surface area contributed by atoms with Gasteiger partial charge in [-0.2, -0.15) is 0 Å². The van der Waals surface area contributed by atoms with Gasteiger partial charge in [0.05, 0.1) is 23.4 Å². The van der Waals surface area contributed by atoms with E-state index in [2.05, 4.69) is 4.98 Å². The molecule has 2 aromatic carbocycles. The number of carbonyl (C=O) groups is 3. The fourth-order valence-corrected chi connectivity index (χ4v) is 4.52. The topological polar surface area (TPSA) is 79.8 Å². The Labute approximate surface area is 184 Å². The zero-order chi connectivity index (χ0) is 21.8. The van der Waals surface area contributed by atoms with Crippen LogP contribution in [0.1, 0.15) is 31.7 Å². The molecule has 160 valence electrons. The molecular formula is C23H23N3O4S. The monoisotopic (exact) mass is 437 g/mol. The van der Waals surface area contributed by atoms with Crippen LogP contribution in [0, 0.1) is 0 Å². The van der Waals surface area contributed by atoms with E-state index in [0.29, 0.717) is 18.3 Å². The highest BCUT2D eigenvalue weighted by Crippen LogP contribution is 2.32. The third-order valence-electron chi connectivity index (χ3n) is 5.08. The first-order valence-corrected chi connectivity index (χ1v) is 11.1. The van der Waals surface area contributed by atoms with Crippen LogP contribution < -0.4 is 9.64 Å². The Morgan fingerprint density at radius 1 is 1.13 bits per heavy atom. The molecule has 31 heavy (non-hydrogen) atoms. The molecular weight excluding hydrogens is 414 g/mol. The van der Waals surface area contributed by atoms with Crippen LogP contribution >= 0.6 is 11.3 Å². The van der Waals surface area contributed by atoms with Crippen LogP contribution in [0.25, 0.3) is 10.2 Å². The fraction of sp³-hybridized carbons (Fsp3) is 0.304. The lowest BCUT2D eigenvalue weighted by molar-refractivity contribution is -0.138. The molecule has 2 heterocycles. The quantitative estimate of drug-likeness (QED) is 0.501. The number of likely N-dealkylation sites (tertiary alicyclic amines) is 1. The Morgan fingerprint density at radius 2 is 1.87 bits per heavy atom. The van der Waals surface area contributed by atoms with Crippen LogP contribution in [0.5, 0.6) is 5.75 Å². The minimum atomic E-state index is -0.212. The summed E-state index contributed by atoms with van der Waals surface area (Å²) in [5.41, 5.74) is 1.76. The van der Waals surface area contributed by atoms with Crippen molar-refractivity contribution >= 4 is 44.4 Å². The second-order valence-corrected chi connectivity index (χ2v) is 8.22. The van der Waals surface area contributed by atoms with Crippen LogP contribution in [0.3, 0.4) is 0 Å². The summed E-state index contributed by atoms with van der Waals surface area (Å²) in [7, 11) is 0. The molecule has 7 nitrogen and oxygen atoms in total. The van der Waals surface area contributed by atoms with E-state index < -0.39 is 0 Å². The van der Waals surface area contributed by atoms with Gasteiger partial charge in [0.2, 0.25) is 17.7 Å². The molecule has 1 aliphatic rings. The highest BCUT2D eigenvalue weighted by atomic mass is 32.1. The van der Waals surface area contributed by atoms with Crippen LogP contribution in [-0.4, -0.2) is 40.8 Å². The molecule has 3 amide bonds. The van der Waals surface area contributed by atoms with Crippen molar-refractivity contribution in [3.05, 3.63) is 54.1 Å². The molecule has 0 atom stereocenters. The average Bonchev–Trinajstić information content (AvgIpc) is 3.33. The molecule has 1 aliphatic heterocycles. The van der Waals surface area contributed by atoms with Crippen LogP contribution in [0.15, 0.2) is 48.5 Å². The number of carbonyl (C=O) groups excluding carboxylic acids is 3. The van der Waals surface area contributed by atoms with E-state index in [1.807, 2.05) is 55.5 Å². The maximum Gasteiger partial charge on any atom is 0.230 e. The number of amides is 3. The maximum absolute atomic E-state index is 13.2. The molecule has 8 heteroatoms. The van der Waals surface area contributed by atoms with E-state index in [-0.39, 0.29) is 43.5 Å². The average molecular weight is 438 g/mol. The zero-order valence-corrected chi connectivity index (χ0v) is 18.1. The molecule has 0 saturated carbocycles. The molecule has 0 aliphatic carbocycles. The lowest BCUT2D eigenvalue weighted by Crippen LogP contribution is -2.36. The van der Waals surface area contributed by atoms with Gasteiger partial charge in [0.15, 0.2) is 5.13 Å². The van der Waals surface area contributed by atoms with E-state index in [1.54, 1.807) is 4.90 Å². The number of nitrogens with zero attached hydrogens (tertiary/aromatic N) is 3. The molecule has 4 rings (SSSR count). The molecule has 0 unspecified atom stereocenters. The normalized spacial score (nSPS) is 13.8. The van der Waals surface area contributed by atoms with Crippen LogP contribution in [0.2, 0.25) is 0 Å². The Bertz CT molecular complexity index is 1100. The van der Waals surface area contributed by atoms with Gasteiger partial charge in [0, 0.05) is 25.8 Å². The van der Waals surface area contributed by atoms with E-state index >= 15 is 0 Å². The minimum absolute atomic E-state index is 0.0600. The largest absolute Gasteiger partial charge is 0.494 e. The number of hydrogen-bond donors (Lipinski definition) is 0. The number of benzene rings is 2. The number of hydrogen-bond acceptors (Lipinski definition) is 6. The van der Waals surface area contributed by atoms with Crippen molar-refractivity contribution in [2.75, 3.05) is 18.1 Å². The van der Waals surface area contributed by atoms with Gasteiger partial charge in [0.25, 0.3) is 0 Å². The first-order chi connectivity index (χ1) is 15.0. The van der Waals surface area contributed by atoms with Crippen molar-refractivity contribution in [3.8, 4) is 5.75 Å². The molecule has 0 spiro atoms. The number of rotatable bonds is 8. The second-order valence-electron chi connectivity index (χ2n) is 7.21. The van der Waals surface area contributed by atoms with Crippen molar-refractivity contribution in [1.29, 1.82) is 0 Å². The second kappa shape index (κ2) is 9.26. The molecule has 0 radical (unpaired) electrons. The summed E-state index contributed by atoms with van der Waals surface area (Å²) in [4.78, 5) is 44.4. The van der Waals surface area contributed by atoms with Crippen molar-refractivity contribution < 1.29 is 19.1 Å². The predicted octanol–water partition coefficient (Wildman–Crippen LogP) is 3.77. The van der Waals surface area contributed by atoms with Crippen LogP contribution in [-0.2, 0) is 20.9 Å². The third-order valence-corrected chi connectivity index (χ3v) is 6.12.